The van der Waals surface area contributed by atoms with Gasteiger partial charge in [-0.1, -0.05) is 12.1 Å². The van der Waals surface area contributed by atoms with Crippen LogP contribution in [0.2, 0.25) is 0 Å². The van der Waals surface area contributed by atoms with Gasteiger partial charge in [0.25, 0.3) is 0 Å². The lowest BCUT2D eigenvalue weighted by atomic mass is 10.2. The van der Waals surface area contributed by atoms with Gasteiger partial charge in [-0.05, 0) is 54.8 Å². The van der Waals surface area contributed by atoms with Crippen LogP contribution >= 0.6 is 24.0 Å². The summed E-state index contributed by atoms with van der Waals surface area (Å²) in [4.78, 5) is 4.32. The molecule has 1 atom stereocenters. The summed E-state index contributed by atoms with van der Waals surface area (Å²) in [6.07, 6.45) is 2.41. The van der Waals surface area contributed by atoms with E-state index < -0.39 is 0 Å². The highest BCUT2D eigenvalue weighted by Gasteiger charge is 2.14. The summed E-state index contributed by atoms with van der Waals surface area (Å²) >= 11 is 0. The molecule has 1 unspecified atom stereocenters. The molecule has 0 bridgehead atoms. The van der Waals surface area contributed by atoms with Gasteiger partial charge in [0.15, 0.2) is 5.96 Å². The first kappa shape index (κ1) is 20.4. The molecule has 3 N–H and O–H groups in total. The van der Waals surface area contributed by atoms with Crippen LogP contribution in [0.3, 0.4) is 0 Å². The summed E-state index contributed by atoms with van der Waals surface area (Å²) in [7, 11) is 0. The third kappa shape index (κ3) is 6.45. The molecule has 1 aliphatic rings. The van der Waals surface area contributed by atoms with E-state index in [-0.39, 0.29) is 35.9 Å². The lowest BCUT2D eigenvalue weighted by Crippen LogP contribution is -2.37. The van der Waals surface area contributed by atoms with Crippen molar-refractivity contribution < 1.29 is 13.9 Å². The third-order valence-electron chi connectivity index (χ3n) is 3.94. The highest BCUT2D eigenvalue weighted by atomic mass is 127. The first-order valence-corrected chi connectivity index (χ1v) is 8.37. The molecule has 0 saturated carbocycles. The van der Waals surface area contributed by atoms with Crippen LogP contribution in [0, 0.1) is 5.82 Å². The fourth-order valence-corrected chi connectivity index (χ4v) is 2.56. The molecule has 1 fully saturated rings. The van der Waals surface area contributed by atoms with E-state index in [4.69, 9.17) is 15.2 Å². The predicted octanol–water partition coefficient (Wildman–Crippen LogP) is 3.82. The highest BCUT2D eigenvalue weighted by molar-refractivity contribution is 14.0. The molecule has 1 saturated heterocycles. The Morgan fingerprint density at radius 3 is 2.42 bits per heavy atom. The van der Waals surface area contributed by atoms with Crippen molar-refractivity contribution in [1.29, 1.82) is 0 Å². The number of ether oxygens (including phenoxy) is 2. The van der Waals surface area contributed by atoms with Crippen LogP contribution in [-0.4, -0.2) is 25.2 Å². The maximum atomic E-state index is 12.9. The average molecular weight is 471 g/mol. The molecule has 2 aromatic carbocycles. The number of rotatable bonds is 6. The first-order valence-electron chi connectivity index (χ1n) is 8.37. The quantitative estimate of drug-likeness (QED) is 0.382. The third-order valence-corrected chi connectivity index (χ3v) is 3.94. The molecule has 0 radical (unpaired) electrons. The van der Waals surface area contributed by atoms with Crippen LogP contribution < -0.4 is 15.8 Å². The van der Waals surface area contributed by atoms with Gasteiger partial charge in [0.2, 0.25) is 0 Å². The SMILES string of the molecule is I.NC(=NCc1ccc(Oc2ccc(F)cc2)cc1)NCC1CCCO1. The number of guanidine groups is 1. The van der Waals surface area contributed by atoms with Gasteiger partial charge in [-0.25, -0.2) is 9.38 Å². The number of nitrogens with zero attached hydrogens (tertiary/aromatic N) is 1. The summed E-state index contributed by atoms with van der Waals surface area (Å²) in [6.45, 7) is 2.01. The van der Waals surface area contributed by atoms with Gasteiger partial charge in [-0.2, -0.15) is 0 Å². The Kier molecular flexibility index (Phi) is 8.11. The van der Waals surface area contributed by atoms with Crippen molar-refractivity contribution in [2.75, 3.05) is 13.2 Å². The Bertz CT molecular complexity index is 702. The molecular formula is C19H23FIN3O2. The van der Waals surface area contributed by atoms with Crippen molar-refractivity contribution in [3.05, 3.63) is 59.9 Å². The largest absolute Gasteiger partial charge is 0.457 e. The van der Waals surface area contributed by atoms with Gasteiger partial charge in [0, 0.05) is 13.2 Å². The molecule has 26 heavy (non-hydrogen) atoms. The fraction of sp³-hybridized carbons (Fsp3) is 0.316. The molecule has 2 aromatic rings. The molecule has 0 spiro atoms. The van der Waals surface area contributed by atoms with Gasteiger partial charge in [-0.3, -0.25) is 0 Å². The van der Waals surface area contributed by atoms with Crippen molar-refractivity contribution in [2.45, 2.75) is 25.5 Å². The summed E-state index contributed by atoms with van der Waals surface area (Å²) < 4.78 is 24.1. The monoisotopic (exact) mass is 471 g/mol. The minimum atomic E-state index is -0.286. The van der Waals surface area contributed by atoms with Crippen LogP contribution in [0.25, 0.3) is 0 Å². The number of nitrogens with two attached hydrogens (primary N) is 1. The summed E-state index contributed by atoms with van der Waals surface area (Å²) in [5, 5.41) is 3.09. The fourth-order valence-electron chi connectivity index (χ4n) is 2.56. The molecular weight excluding hydrogens is 448 g/mol. The van der Waals surface area contributed by atoms with Crippen LogP contribution in [0.5, 0.6) is 11.5 Å². The average Bonchev–Trinajstić information content (AvgIpc) is 3.15. The van der Waals surface area contributed by atoms with E-state index in [1.54, 1.807) is 12.1 Å². The smallest absolute Gasteiger partial charge is 0.189 e. The standard InChI is InChI=1S/C19H22FN3O2.HI/c20-15-5-9-17(10-6-15)25-16-7-3-14(4-8-16)12-22-19(21)23-13-18-2-1-11-24-18;/h3-10,18H,1-2,11-13H2,(H3,21,22,23);1H. The zero-order valence-electron chi connectivity index (χ0n) is 14.4. The topological polar surface area (TPSA) is 68.9 Å². The highest BCUT2D eigenvalue weighted by Crippen LogP contribution is 2.22. The molecule has 140 valence electrons. The Balaban J connectivity index is 0.00000243. The minimum absolute atomic E-state index is 0. The normalized spacial score (nSPS) is 16.8. The van der Waals surface area contributed by atoms with E-state index in [1.165, 1.54) is 12.1 Å². The lowest BCUT2D eigenvalue weighted by molar-refractivity contribution is 0.114. The van der Waals surface area contributed by atoms with Crippen LogP contribution in [-0.2, 0) is 11.3 Å². The maximum Gasteiger partial charge on any atom is 0.189 e. The van der Waals surface area contributed by atoms with Crippen molar-refractivity contribution in [2.24, 2.45) is 10.7 Å². The van der Waals surface area contributed by atoms with Gasteiger partial charge in [-0.15, -0.1) is 24.0 Å². The van der Waals surface area contributed by atoms with Gasteiger partial charge >= 0.3 is 0 Å². The second-order valence-electron chi connectivity index (χ2n) is 5.92. The van der Waals surface area contributed by atoms with Crippen LogP contribution in [0.15, 0.2) is 53.5 Å². The van der Waals surface area contributed by atoms with Gasteiger partial charge < -0.3 is 20.5 Å². The van der Waals surface area contributed by atoms with Gasteiger partial charge in [0.05, 0.1) is 12.6 Å². The molecule has 5 nitrogen and oxygen atoms in total. The second-order valence-corrected chi connectivity index (χ2v) is 5.92. The predicted molar refractivity (Wildman–Crippen MR) is 111 cm³/mol. The van der Waals surface area contributed by atoms with E-state index in [0.717, 1.165) is 25.0 Å². The van der Waals surface area contributed by atoms with Crippen molar-refractivity contribution in [3.63, 3.8) is 0 Å². The van der Waals surface area contributed by atoms with Crippen molar-refractivity contribution >= 4 is 29.9 Å². The number of hydrogen-bond acceptors (Lipinski definition) is 3. The summed E-state index contributed by atoms with van der Waals surface area (Å²) in [5.74, 6) is 1.41. The molecule has 3 rings (SSSR count). The molecule has 0 aliphatic carbocycles. The van der Waals surface area contributed by atoms with E-state index in [0.29, 0.717) is 30.5 Å². The Labute approximate surface area is 169 Å². The summed E-state index contributed by atoms with van der Waals surface area (Å²) in [5.41, 5.74) is 6.89. The Morgan fingerprint density at radius 2 is 1.81 bits per heavy atom. The lowest BCUT2D eigenvalue weighted by Gasteiger charge is -2.11. The summed E-state index contributed by atoms with van der Waals surface area (Å²) in [6, 6.07) is 13.5. The molecule has 7 heteroatoms. The van der Waals surface area contributed by atoms with E-state index in [1.807, 2.05) is 24.3 Å². The van der Waals surface area contributed by atoms with Crippen molar-refractivity contribution in [1.82, 2.24) is 5.32 Å². The number of nitrogens with one attached hydrogen (secondary N) is 1. The number of benzene rings is 2. The zero-order chi connectivity index (χ0) is 17.5. The zero-order valence-corrected chi connectivity index (χ0v) is 16.7. The first-order chi connectivity index (χ1) is 12.2. The maximum absolute atomic E-state index is 12.9. The van der Waals surface area contributed by atoms with Crippen LogP contribution in [0.4, 0.5) is 4.39 Å². The molecule has 1 heterocycles. The second kappa shape index (κ2) is 10.3. The van der Waals surface area contributed by atoms with Crippen LogP contribution in [0.1, 0.15) is 18.4 Å². The molecule has 0 amide bonds. The Hall–Kier alpha value is -1.87. The van der Waals surface area contributed by atoms with E-state index in [2.05, 4.69) is 10.3 Å². The number of hydrogen-bond donors (Lipinski definition) is 2. The molecule has 0 aromatic heterocycles. The number of halogens is 2. The minimum Gasteiger partial charge on any atom is -0.457 e. The van der Waals surface area contributed by atoms with E-state index >= 15 is 0 Å². The van der Waals surface area contributed by atoms with Gasteiger partial charge in [0.1, 0.15) is 17.3 Å². The van der Waals surface area contributed by atoms with Crippen molar-refractivity contribution in [3.8, 4) is 11.5 Å². The number of aliphatic imine (C=N–C) groups is 1. The Morgan fingerprint density at radius 1 is 1.15 bits per heavy atom. The molecule has 1 aliphatic heterocycles. The van der Waals surface area contributed by atoms with E-state index in [9.17, 15) is 4.39 Å².